The first-order valence-corrected chi connectivity index (χ1v) is 5.09. The molecule has 8 heteroatoms. The Bertz CT molecular complexity index is 462. The number of carboxylic acid groups (broad SMARTS) is 2. The molecule has 0 spiro atoms. The average Bonchev–Trinajstić information content (AvgIpc) is 2.39. The van der Waals surface area contributed by atoms with Crippen molar-refractivity contribution < 1.29 is 38.9 Å². The number of allylic oxidation sites excluding steroid dienone is 2. The van der Waals surface area contributed by atoms with Crippen LogP contribution in [0.15, 0.2) is 37.0 Å². The van der Waals surface area contributed by atoms with Crippen molar-refractivity contribution in [2.45, 2.75) is 12.2 Å². The molecule has 8 nitrogen and oxygen atoms in total. The summed E-state index contributed by atoms with van der Waals surface area (Å²) >= 11 is 0. The number of rotatable bonds is 9. The summed E-state index contributed by atoms with van der Waals surface area (Å²) in [4.78, 5) is 43.5. The van der Waals surface area contributed by atoms with Crippen molar-refractivity contribution in [1.82, 2.24) is 0 Å². The number of carbonyl (C=O) groups excluding carboxylic acids is 2. The monoisotopic (exact) mass is 284 g/mol. The molecular weight excluding hydrogens is 272 g/mol. The standard InChI is InChI=1S/C12H12O8/c1-3-5-7(4-2)12(18)20-9(11(16)17)8(10(14)15)19-6-13/h3-6,8-9H,1-2H2,(H,14,15)(H,16,17)/b7-5+. The summed E-state index contributed by atoms with van der Waals surface area (Å²) in [5.74, 6) is -4.70. The molecule has 0 radical (unpaired) electrons. The molecule has 108 valence electrons. The maximum atomic E-state index is 11.6. The van der Waals surface area contributed by atoms with Crippen molar-refractivity contribution in [2.24, 2.45) is 0 Å². The first-order valence-electron chi connectivity index (χ1n) is 5.09. The molecule has 2 N–H and O–H groups in total. The zero-order valence-corrected chi connectivity index (χ0v) is 10.2. The van der Waals surface area contributed by atoms with Crippen molar-refractivity contribution in [2.75, 3.05) is 0 Å². The zero-order chi connectivity index (χ0) is 15.7. The van der Waals surface area contributed by atoms with Gasteiger partial charge in [-0.15, -0.1) is 0 Å². The molecule has 0 aliphatic heterocycles. The summed E-state index contributed by atoms with van der Waals surface area (Å²) in [5, 5.41) is 17.6. The first-order chi connectivity index (χ1) is 9.38. The Kier molecular flexibility index (Phi) is 7.05. The average molecular weight is 284 g/mol. The van der Waals surface area contributed by atoms with Crippen LogP contribution in [0.1, 0.15) is 0 Å². The maximum absolute atomic E-state index is 11.6. The van der Waals surface area contributed by atoms with E-state index >= 15 is 0 Å². The summed E-state index contributed by atoms with van der Waals surface area (Å²) in [6.45, 7) is 6.37. The normalized spacial score (nSPS) is 13.5. The van der Waals surface area contributed by atoms with Gasteiger partial charge in [-0.05, 0) is 6.08 Å². The number of esters is 1. The number of ether oxygens (including phenoxy) is 2. The van der Waals surface area contributed by atoms with Crippen molar-refractivity contribution >= 4 is 24.4 Å². The molecule has 0 saturated heterocycles. The van der Waals surface area contributed by atoms with Crippen LogP contribution in [0, 0.1) is 0 Å². The van der Waals surface area contributed by atoms with E-state index in [1.54, 1.807) is 0 Å². The predicted molar refractivity (Wildman–Crippen MR) is 64.6 cm³/mol. The van der Waals surface area contributed by atoms with Crippen LogP contribution >= 0.6 is 0 Å². The Balaban J connectivity index is 5.25. The van der Waals surface area contributed by atoms with Gasteiger partial charge >= 0.3 is 17.9 Å². The number of carboxylic acids is 2. The zero-order valence-electron chi connectivity index (χ0n) is 10.2. The maximum Gasteiger partial charge on any atom is 0.349 e. The molecule has 0 aromatic rings. The number of hydrogen-bond acceptors (Lipinski definition) is 6. The molecule has 0 bridgehead atoms. The van der Waals surface area contributed by atoms with Gasteiger partial charge in [0.15, 0.2) is 0 Å². The highest BCUT2D eigenvalue weighted by atomic mass is 16.6. The highest BCUT2D eigenvalue weighted by Crippen LogP contribution is 2.09. The van der Waals surface area contributed by atoms with Gasteiger partial charge in [-0.25, -0.2) is 14.4 Å². The number of carbonyl (C=O) groups is 4. The Morgan fingerprint density at radius 2 is 1.60 bits per heavy atom. The first kappa shape index (κ1) is 17.1. The minimum atomic E-state index is -2.20. The summed E-state index contributed by atoms with van der Waals surface area (Å²) in [7, 11) is 0. The van der Waals surface area contributed by atoms with Gasteiger partial charge < -0.3 is 19.7 Å². The Hall–Kier alpha value is -2.90. The Morgan fingerprint density at radius 1 is 1.05 bits per heavy atom. The highest BCUT2D eigenvalue weighted by Gasteiger charge is 2.39. The lowest BCUT2D eigenvalue weighted by Crippen LogP contribution is -2.44. The fourth-order valence-corrected chi connectivity index (χ4v) is 1.09. The van der Waals surface area contributed by atoms with Gasteiger partial charge in [0.1, 0.15) is 0 Å². The van der Waals surface area contributed by atoms with Gasteiger partial charge in [0, 0.05) is 0 Å². The van der Waals surface area contributed by atoms with Gasteiger partial charge in [-0.1, -0.05) is 25.3 Å². The lowest BCUT2D eigenvalue weighted by Gasteiger charge is -2.19. The molecule has 0 rings (SSSR count). The highest BCUT2D eigenvalue weighted by molar-refractivity contribution is 5.94. The van der Waals surface area contributed by atoms with E-state index in [0.717, 1.165) is 6.08 Å². The molecule has 0 aromatic heterocycles. The van der Waals surface area contributed by atoms with Crippen molar-refractivity contribution in [3.63, 3.8) is 0 Å². The molecule has 0 saturated carbocycles. The number of aliphatic carboxylic acids is 2. The van der Waals surface area contributed by atoms with Crippen LogP contribution in [0.5, 0.6) is 0 Å². The van der Waals surface area contributed by atoms with Crippen molar-refractivity contribution in [3.05, 3.63) is 37.0 Å². The molecule has 0 aromatic carbocycles. The van der Waals surface area contributed by atoms with Crippen LogP contribution in [0.3, 0.4) is 0 Å². The van der Waals surface area contributed by atoms with Crippen LogP contribution in [-0.2, 0) is 28.7 Å². The minimum absolute atomic E-state index is 0.138. The third-order valence-electron chi connectivity index (χ3n) is 1.95. The summed E-state index contributed by atoms with van der Waals surface area (Å²) in [5.41, 5.74) is -0.138. The Labute approximate surface area is 113 Å². The molecule has 20 heavy (non-hydrogen) atoms. The van der Waals surface area contributed by atoms with Crippen LogP contribution in [0.4, 0.5) is 0 Å². The van der Waals surface area contributed by atoms with E-state index in [1.165, 1.54) is 12.2 Å². The topological polar surface area (TPSA) is 127 Å². The predicted octanol–water partition coefficient (Wildman–Crippen LogP) is -0.0926. The number of hydrogen-bond donors (Lipinski definition) is 2. The molecule has 2 unspecified atom stereocenters. The van der Waals surface area contributed by atoms with Gasteiger partial charge in [0.2, 0.25) is 12.2 Å². The van der Waals surface area contributed by atoms with Gasteiger partial charge in [0.25, 0.3) is 6.47 Å². The van der Waals surface area contributed by atoms with Crippen molar-refractivity contribution in [1.29, 1.82) is 0 Å². The summed E-state index contributed by atoms with van der Waals surface area (Å²) in [6, 6.07) is 0. The van der Waals surface area contributed by atoms with E-state index in [-0.39, 0.29) is 12.0 Å². The second kappa shape index (κ2) is 8.25. The SMILES string of the molecule is C=C/C=C(\C=C)C(=O)OC(C(=O)O)C(OC=O)C(=O)O. The van der Waals surface area contributed by atoms with Crippen LogP contribution in [-0.4, -0.2) is 46.8 Å². The van der Waals surface area contributed by atoms with E-state index in [1.807, 2.05) is 0 Å². The van der Waals surface area contributed by atoms with E-state index in [4.69, 9.17) is 10.2 Å². The van der Waals surface area contributed by atoms with Gasteiger partial charge in [-0.3, -0.25) is 4.79 Å². The third kappa shape index (κ3) is 4.77. The largest absolute Gasteiger partial charge is 0.478 e. The van der Waals surface area contributed by atoms with E-state index in [0.29, 0.717) is 0 Å². The second-order valence-electron chi connectivity index (χ2n) is 3.22. The van der Waals surface area contributed by atoms with Crippen LogP contribution in [0.25, 0.3) is 0 Å². The lowest BCUT2D eigenvalue weighted by molar-refractivity contribution is -0.181. The van der Waals surface area contributed by atoms with Gasteiger partial charge in [0.05, 0.1) is 5.57 Å². The van der Waals surface area contributed by atoms with E-state index in [2.05, 4.69) is 22.6 Å². The lowest BCUT2D eigenvalue weighted by atomic mass is 10.2. The quantitative estimate of drug-likeness (QED) is 0.260. The molecule has 2 atom stereocenters. The molecule has 0 amide bonds. The Morgan fingerprint density at radius 3 is 1.95 bits per heavy atom. The fourth-order valence-electron chi connectivity index (χ4n) is 1.09. The molecular formula is C12H12O8. The molecule has 0 aliphatic rings. The fraction of sp³-hybridized carbons (Fsp3) is 0.167. The van der Waals surface area contributed by atoms with Crippen molar-refractivity contribution in [3.8, 4) is 0 Å². The summed E-state index contributed by atoms with van der Waals surface area (Å²) < 4.78 is 8.60. The molecule has 0 aliphatic carbocycles. The third-order valence-corrected chi connectivity index (χ3v) is 1.95. The molecule has 0 heterocycles. The van der Waals surface area contributed by atoms with Crippen LogP contribution < -0.4 is 0 Å². The van der Waals surface area contributed by atoms with E-state index < -0.39 is 30.1 Å². The summed E-state index contributed by atoms with van der Waals surface area (Å²) in [6.07, 6.45) is -0.878. The smallest absolute Gasteiger partial charge is 0.349 e. The second-order valence-corrected chi connectivity index (χ2v) is 3.22. The van der Waals surface area contributed by atoms with Gasteiger partial charge in [-0.2, -0.15) is 0 Å². The van der Waals surface area contributed by atoms with E-state index in [9.17, 15) is 19.2 Å². The van der Waals surface area contributed by atoms with Crippen LogP contribution in [0.2, 0.25) is 0 Å². The molecule has 0 fully saturated rings. The minimum Gasteiger partial charge on any atom is -0.478 e.